The largest absolute Gasteiger partial charge is 0.493 e. The molecule has 2 aromatic heterocycles. The Morgan fingerprint density at radius 3 is 3.00 bits per heavy atom. The average molecular weight is 218 g/mol. The van der Waals surface area contributed by atoms with Crippen molar-refractivity contribution in [1.82, 2.24) is 9.61 Å². The zero-order valence-electron chi connectivity index (χ0n) is 8.25. The SMILES string of the molecule is COc1c(C#N)ccn2ncc([N+](=O)[O-])c12. The lowest BCUT2D eigenvalue weighted by Gasteiger charge is -2.03. The number of fused-ring (bicyclic) bond motifs is 1. The molecule has 2 heterocycles. The van der Waals surface area contributed by atoms with Crippen LogP contribution in [0.4, 0.5) is 5.69 Å². The Morgan fingerprint density at radius 1 is 1.69 bits per heavy atom. The average Bonchev–Trinajstić information content (AvgIpc) is 2.71. The van der Waals surface area contributed by atoms with E-state index in [1.807, 2.05) is 6.07 Å². The molecular weight excluding hydrogens is 212 g/mol. The van der Waals surface area contributed by atoms with E-state index in [1.165, 1.54) is 23.9 Å². The molecule has 0 bridgehead atoms. The zero-order valence-corrected chi connectivity index (χ0v) is 8.25. The van der Waals surface area contributed by atoms with E-state index in [-0.39, 0.29) is 22.5 Å². The monoisotopic (exact) mass is 218 g/mol. The molecular formula is C9H6N4O3. The molecule has 0 aliphatic heterocycles. The summed E-state index contributed by atoms with van der Waals surface area (Å²) in [5.74, 6) is 0.161. The summed E-state index contributed by atoms with van der Waals surface area (Å²) in [4.78, 5) is 10.2. The lowest BCUT2D eigenvalue weighted by Crippen LogP contribution is -1.96. The van der Waals surface area contributed by atoms with Crippen LogP contribution in [-0.2, 0) is 0 Å². The quantitative estimate of drug-likeness (QED) is 0.556. The lowest BCUT2D eigenvalue weighted by atomic mass is 10.2. The lowest BCUT2D eigenvalue weighted by molar-refractivity contribution is -0.383. The Balaban J connectivity index is 2.89. The third-order valence-electron chi connectivity index (χ3n) is 2.14. The number of nitriles is 1. The third kappa shape index (κ3) is 1.25. The molecule has 0 N–H and O–H groups in total. The minimum Gasteiger partial charge on any atom is -0.493 e. The van der Waals surface area contributed by atoms with Gasteiger partial charge in [0.15, 0.2) is 11.3 Å². The second kappa shape index (κ2) is 3.51. The molecule has 2 rings (SSSR count). The van der Waals surface area contributed by atoms with Crippen molar-refractivity contribution >= 4 is 11.2 Å². The van der Waals surface area contributed by atoms with Crippen LogP contribution in [0.5, 0.6) is 5.75 Å². The van der Waals surface area contributed by atoms with E-state index in [1.54, 1.807) is 0 Å². The summed E-state index contributed by atoms with van der Waals surface area (Å²) < 4.78 is 6.31. The van der Waals surface area contributed by atoms with Crippen LogP contribution in [0, 0.1) is 21.4 Å². The van der Waals surface area contributed by atoms with Crippen LogP contribution in [0.2, 0.25) is 0 Å². The van der Waals surface area contributed by atoms with Crippen LogP contribution in [-0.4, -0.2) is 21.6 Å². The highest BCUT2D eigenvalue weighted by atomic mass is 16.6. The maximum atomic E-state index is 10.8. The molecule has 0 radical (unpaired) electrons. The number of hydrogen-bond donors (Lipinski definition) is 0. The molecule has 7 nitrogen and oxygen atoms in total. The fourth-order valence-electron chi connectivity index (χ4n) is 1.46. The van der Waals surface area contributed by atoms with E-state index in [0.717, 1.165) is 6.20 Å². The first kappa shape index (κ1) is 9.92. The van der Waals surface area contributed by atoms with Crippen molar-refractivity contribution in [2.45, 2.75) is 0 Å². The first-order valence-corrected chi connectivity index (χ1v) is 4.28. The normalized spacial score (nSPS) is 10.0. The molecule has 0 atom stereocenters. The van der Waals surface area contributed by atoms with Crippen molar-refractivity contribution in [1.29, 1.82) is 5.26 Å². The van der Waals surface area contributed by atoms with Gasteiger partial charge in [-0.05, 0) is 6.07 Å². The second-order valence-corrected chi connectivity index (χ2v) is 2.95. The fraction of sp³-hybridized carbons (Fsp3) is 0.111. The van der Waals surface area contributed by atoms with Crippen molar-refractivity contribution in [3.05, 3.63) is 34.1 Å². The number of ether oxygens (including phenoxy) is 1. The van der Waals surface area contributed by atoms with Gasteiger partial charge < -0.3 is 4.74 Å². The van der Waals surface area contributed by atoms with Gasteiger partial charge in [-0.2, -0.15) is 10.4 Å². The van der Waals surface area contributed by atoms with E-state index in [9.17, 15) is 10.1 Å². The number of aromatic nitrogens is 2. The van der Waals surface area contributed by atoms with Gasteiger partial charge in [0.2, 0.25) is 0 Å². The molecule has 0 spiro atoms. The maximum Gasteiger partial charge on any atom is 0.318 e. The highest BCUT2D eigenvalue weighted by molar-refractivity contribution is 5.76. The van der Waals surface area contributed by atoms with E-state index < -0.39 is 4.92 Å². The number of hydrogen-bond acceptors (Lipinski definition) is 5. The van der Waals surface area contributed by atoms with Gasteiger partial charge >= 0.3 is 5.69 Å². The second-order valence-electron chi connectivity index (χ2n) is 2.95. The molecule has 7 heteroatoms. The molecule has 0 unspecified atom stereocenters. The van der Waals surface area contributed by atoms with Crippen LogP contribution >= 0.6 is 0 Å². The van der Waals surface area contributed by atoms with Gasteiger partial charge in [0.05, 0.1) is 17.6 Å². The van der Waals surface area contributed by atoms with Crippen LogP contribution in [0.25, 0.3) is 5.52 Å². The smallest absolute Gasteiger partial charge is 0.318 e. The molecule has 0 saturated carbocycles. The van der Waals surface area contributed by atoms with Crippen molar-refractivity contribution in [2.24, 2.45) is 0 Å². The van der Waals surface area contributed by atoms with Crippen LogP contribution < -0.4 is 4.74 Å². The van der Waals surface area contributed by atoms with Crippen LogP contribution in [0.15, 0.2) is 18.5 Å². The van der Waals surface area contributed by atoms with E-state index in [0.29, 0.717) is 0 Å². The molecule has 16 heavy (non-hydrogen) atoms. The summed E-state index contributed by atoms with van der Waals surface area (Å²) in [7, 11) is 1.35. The highest BCUT2D eigenvalue weighted by Gasteiger charge is 2.21. The van der Waals surface area contributed by atoms with E-state index in [4.69, 9.17) is 10.00 Å². The Bertz CT molecular complexity index is 611. The van der Waals surface area contributed by atoms with Gasteiger partial charge in [0, 0.05) is 6.20 Å². The van der Waals surface area contributed by atoms with Crippen molar-refractivity contribution in [3.8, 4) is 11.8 Å². The number of nitrogens with zero attached hydrogens (tertiary/aromatic N) is 4. The predicted molar refractivity (Wildman–Crippen MR) is 53.1 cm³/mol. The molecule has 2 aromatic rings. The molecule has 0 aromatic carbocycles. The first-order valence-electron chi connectivity index (χ1n) is 4.28. The van der Waals surface area contributed by atoms with E-state index >= 15 is 0 Å². The summed E-state index contributed by atoms with van der Waals surface area (Å²) in [6.45, 7) is 0. The maximum absolute atomic E-state index is 10.8. The molecule has 0 amide bonds. The molecule has 80 valence electrons. The zero-order chi connectivity index (χ0) is 11.7. The van der Waals surface area contributed by atoms with Crippen LogP contribution in [0.3, 0.4) is 0 Å². The molecule has 0 fully saturated rings. The predicted octanol–water partition coefficient (Wildman–Crippen LogP) is 1.12. The standard InChI is InChI=1S/C9H6N4O3/c1-16-9-6(4-10)2-3-12-8(9)7(5-11-12)13(14)15/h2-3,5H,1H3. The van der Waals surface area contributed by atoms with E-state index in [2.05, 4.69) is 5.10 Å². The Kier molecular flexibility index (Phi) is 2.17. The topological polar surface area (TPSA) is 93.5 Å². The number of methoxy groups -OCH3 is 1. The first-order chi connectivity index (χ1) is 7.69. The van der Waals surface area contributed by atoms with Crippen molar-refractivity contribution in [2.75, 3.05) is 7.11 Å². The third-order valence-corrected chi connectivity index (χ3v) is 2.14. The number of pyridine rings is 1. The van der Waals surface area contributed by atoms with Gasteiger partial charge in [-0.15, -0.1) is 0 Å². The summed E-state index contributed by atoms with van der Waals surface area (Å²) in [6, 6.07) is 3.39. The fourth-order valence-corrected chi connectivity index (χ4v) is 1.46. The summed E-state index contributed by atoms with van der Waals surface area (Å²) >= 11 is 0. The van der Waals surface area contributed by atoms with Crippen molar-refractivity contribution < 1.29 is 9.66 Å². The van der Waals surface area contributed by atoms with Gasteiger partial charge in [-0.1, -0.05) is 0 Å². The van der Waals surface area contributed by atoms with Gasteiger partial charge in [0.1, 0.15) is 12.3 Å². The molecule has 0 aliphatic rings. The van der Waals surface area contributed by atoms with Gasteiger partial charge in [0.25, 0.3) is 0 Å². The molecule has 0 saturated heterocycles. The summed E-state index contributed by atoms with van der Waals surface area (Å²) in [6.07, 6.45) is 2.60. The van der Waals surface area contributed by atoms with Crippen LogP contribution in [0.1, 0.15) is 5.56 Å². The summed E-state index contributed by atoms with van der Waals surface area (Å²) in [5, 5.41) is 23.4. The van der Waals surface area contributed by atoms with Gasteiger partial charge in [-0.25, -0.2) is 4.52 Å². The number of nitro groups is 1. The number of rotatable bonds is 2. The minimum atomic E-state index is -0.563. The minimum absolute atomic E-state index is 0.161. The van der Waals surface area contributed by atoms with Crippen molar-refractivity contribution in [3.63, 3.8) is 0 Å². The van der Waals surface area contributed by atoms with Gasteiger partial charge in [-0.3, -0.25) is 10.1 Å². The summed E-state index contributed by atoms with van der Waals surface area (Å²) in [5.41, 5.74) is 0.235. The highest BCUT2D eigenvalue weighted by Crippen LogP contribution is 2.31. The Labute approximate surface area is 89.6 Å². The Morgan fingerprint density at radius 2 is 2.44 bits per heavy atom. The molecule has 0 aliphatic carbocycles. The Hall–Kier alpha value is -2.62.